The molecule has 0 aliphatic rings. The molecule has 0 saturated carbocycles. The van der Waals surface area contributed by atoms with Crippen LogP contribution in [0.15, 0.2) is 23.6 Å². The molecule has 2 rings (SSSR count). The number of hydrogen-bond donors (Lipinski definition) is 1. The zero-order chi connectivity index (χ0) is 15.6. The van der Waals surface area contributed by atoms with Crippen molar-refractivity contribution in [1.82, 2.24) is 4.98 Å². The molecule has 1 heterocycles. The van der Waals surface area contributed by atoms with E-state index >= 15 is 0 Å². The minimum atomic E-state index is -4.73. The zero-order valence-electron chi connectivity index (χ0n) is 10.8. The number of rotatable bonds is 3. The lowest BCUT2D eigenvalue weighted by Gasteiger charge is -2.08. The maximum absolute atomic E-state index is 13.5. The number of nitrogens with one attached hydrogen (secondary N) is 1. The van der Waals surface area contributed by atoms with Gasteiger partial charge in [-0.1, -0.05) is 13.0 Å². The Bertz CT molecular complexity index is 666. The van der Waals surface area contributed by atoms with Crippen molar-refractivity contribution < 1.29 is 22.4 Å². The number of nitrogens with zero attached hydrogens (tertiary/aromatic N) is 1. The molecule has 0 saturated heterocycles. The van der Waals surface area contributed by atoms with E-state index < -0.39 is 17.6 Å². The van der Waals surface area contributed by atoms with Gasteiger partial charge in [-0.25, -0.2) is 9.37 Å². The van der Waals surface area contributed by atoms with E-state index in [0.29, 0.717) is 16.9 Å². The number of thiazole rings is 1. The van der Waals surface area contributed by atoms with Gasteiger partial charge in [0.1, 0.15) is 5.82 Å². The molecular formula is C13H10F4N2OS. The van der Waals surface area contributed by atoms with Crippen LogP contribution in [0.3, 0.4) is 0 Å². The van der Waals surface area contributed by atoms with Crippen LogP contribution in [-0.4, -0.2) is 10.9 Å². The van der Waals surface area contributed by atoms with Crippen LogP contribution < -0.4 is 5.32 Å². The van der Waals surface area contributed by atoms with Gasteiger partial charge in [-0.05, 0) is 12.1 Å². The van der Waals surface area contributed by atoms with Gasteiger partial charge in [-0.3, -0.25) is 4.79 Å². The van der Waals surface area contributed by atoms with Crippen LogP contribution in [0.25, 0.3) is 11.3 Å². The normalized spacial score (nSPS) is 11.5. The van der Waals surface area contributed by atoms with Gasteiger partial charge in [0, 0.05) is 17.4 Å². The Kier molecular flexibility index (Phi) is 4.26. The molecular weight excluding hydrogens is 308 g/mol. The molecule has 0 unspecified atom stereocenters. The Morgan fingerprint density at radius 2 is 2.10 bits per heavy atom. The molecule has 0 spiro atoms. The fraction of sp³-hybridized carbons (Fsp3) is 0.231. The topological polar surface area (TPSA) is 42.0 Å². The smallest absolute Gasteiger partial charge is 0.302 e. The van der Waals surface area contributed by atoms with Crippen molar-refractivity contribution in [2.45, 2.75) is 19.5 Å². The number of amides is 1. The van der Waals surface area contributed by atoms with E-state index in [4.69, 9.17) is 0 Å². The van der Waals surface area contributed by atoms with Gasteiger partial charge in [-0.2, -0.15) is 13.2 Å². The monoisotopic (exact) mass is 318 g/mol. The maximum atomic E-state index is 13.5. The second-order valence-electron chi connectivity index (χ2n) is 4.13. The van der Waals surface area contributed by atoms with E-state index in [1.807, 2.05) is 0 Å². The third kappa shape index (κ3) is 3.57. The SMILES string of the molecule is CCC(=O)Nc1nc(-c2ccc(C(F)(F)F)c(F)c2)cs1. The van der Waals surface area contributed by atoms with Crippen molar-refractivity contribution in [1.29, 1.82) is 0 Å². The summed E-state index contributed by atoms with van der Waals surface area (Å²) in [5.74, 6) is -1.58. The molecule has 1 amide bonds. The predicted molar refractivity (Wildman–Crippen MR) is 71.4 cm³/mol. The summed E-state index contributed by atoms with van der Waals surface area (Å²) >= 11 is 1.12. The average Bonchev–Trinajstić information content (AvgIpc) is 2.85. The summed E-state index contributed by atoms with van der Waals surface area (Å²) in [6.45, 7) is 1.68. The van der Waals surface area contributed by atoms with E-state index in [0.717, 1.165) is 23.5 Å². The molecule has 0 atom stereocenters. The number of alkyl halides is 3. The fourth-order valence-corrected chi connectivity index (χ4v) is 2.31. The van der Waals surface area contributed by atoms with Crippen LogP contribution in [0.4, 0.5) is 22.7 Å². The van der Waals surface area contributed by atoms with Crippen LogP contribution in [0.1, 0.15) is 18.9 Å². The number of halogens is 4. The summed E-state index contributed by atoms with van der Waals surface area (Å²) in [5.41, 5.74) is -0.797. The zero-order valence-corrected chi connectivity index (χ0v) is 11.6. The Labute approximate surface area is 121 Å². The van der Waals surface area contributed by atoms with Crippen molar-refractivity contribution in [3.05, 3.63) is 35.0 Å². The molecule has 8 heteroatoms. The Morgan fingerprint density at radius 1 is 1.38 bits per heavy atom. The summed E-state index contributed by atoms with van der Waals surface area (Å²) in [5, 5.41) is 4.38. The van der Waals surface area contributed by atoms with Crippen molar-refractivity contribution in [2.75, 3.05) is 5.32 Å². The van der Waals surface area contributed by atoms with Crippen molar-refractivity contribution in [3.63, 3.8) is 0 Å². The minimum absolute atomic E-state index is 0.216. The van der Waals surface area contributed by atoms with E-state index in [9.17, 15) is 22.4 Å². The summed E-state index contributed by atoms with van der Waals surface area (Å²) in [4.78, 5) is 15.2. The maximum Gasteiger partial charge on any atom is 0.419 e. The molecule has 0 aliphatic carbocycles. The Morgan fingerprint density at radius 3 is 2.67 bits per heavy atom. The quantitative estimate of drug-likeness (QED) is 0.857. The largest absolute Gasteiger partial charge is 0.419 e. The van der Waals surface area contributed by atoms with Gasteiger partial charge in [0.15, 0.2) is 5.13 Å². The van der Waals surface area contributed by atoms with Gasteiger partial charge in [0.05, 0.1) is 11.3 Å². The second kappa shape index (κ2) is 5.80. The Hall–Kier alpha value is -1.96. The predicted octanol–water partition coefficient (Wildman–Crippen LogP) is 4.32. The van der Waals surface area contributed by atoms with Crippen LogP contribution in [0.5, 0.6) is 0 Å². The van der Waals surface area contributed by atoms with Gasteiger partial charge in [0.25, 0.3) is 0 Å². The molecule has 3 nitrogen and oxygen atoms in total. The first-order valence-electron chi connectivity index (χ1n) is 5.93. The molecule has 112 valence electrons. The van der Waals surface area contributed by atoms with Gasteiger partial charge in [-0.15, -0.1) is 11.3 Å². The first-order valence-corrected chi connectivity index (χ1v) is 6.81. The first kappa shape index (κ1) is 15.4. The molecule has 1 aromatic carbocycles. The summed E-state index contributed by atoms with van der Waals surface area (Å²) in [6.07, 6.45) is -4.45. The lowest BCUT2D eigenvalue weighted by molar-refractivity contribution is -0.140. The molecule has 2 aromatic rings. The standard InChI is InChI=1S/C13H10F4N2OS/c1-2-11(20)19-12-18-10(6-21-12)7-3-4-8(9(14)5-7)13(15,16)17/h3-6H,2H2,1H3,(H,18,19,20). The number of carbonyl (C=O) groups excluding carboxylic acids is 1. The molecule has 1 N–H and O–H groups in total. The summed E-state index contributed by atoms with van der Waals surface area (Å²) in [6, 6.07) is 2.60. The number of benzene rings is 1. The summed E-state index contributed by atoms with van der Waals surface area (Å²) in [7, 11) is 0. The molecule has 1 aromatic heterocycles. The van der Waals surface area contributed by atoms with Gasteiger partial charge < -0.3 is 5.32 Å². The third-order valence-electron chi connectivity index (χ3n) is 2.64. The highest BCUT2D eigenvalue weighted by molar-refractivity contribution is 7.14. The van der Waals surface area contributed by atoms with E-state index in [-0.39, 0.29) is 17.9 Å². The summed E-state index contributed by atoms with van der Waals surface area (Å²) < 4.78 is 50.9. The number of aromatic nitrogens is 1. The van der Waals surface area contributed by atoms with Crippen LogP contribution in [-0.2, 0) is 11.0 Å². The Balaban J connectivity index is 2.27. The first-order chi connectivity index (χ1) is 9.81. The molecule has 0 radical (unpaired) electrons. The molecule has 0 fully saturated rings. The number of anilines is 1. The van der Waals surface area contributed by atoms with Crippen LogP contribution in [0, 0.1) is 5.82 Å². The lowest BCUT2D eigenvalue weighted by atomic mass is 10.1. The molecule has 0 bridgehead atoms. The van der Waals surface area contributed by atoms with E-state index in [2.05, 4.69) is 10.3 Å². The highest BCUT2D eigenvalue weighted by atomic mass is 32.1. The van der Waals surface area contributed by atoms with Gasteiger partial charge in [0.2, 0.25) is 5.91 Å². The lowest BCUT2D eigenvalue weighted by Crippen LogP contribution is -2.09. The van der Waals surface area contributed by atoms with Crippen LogP contribution >= 0.6 is 11.3 Å². The van der Waals surface area contributed by atoms with Crippen molar-refractivity contribution in [3.8, 4) is 11.3 Å². The molecule has 0 aliphatic heterocycles. The number of hydrogen-bond acceptors (Lipinski definition) is 3. The minimum Gasteiger partial charge on any atom is -0.302 e. The average molecular weight is 318 g/mol. The number of carbonyl (C=O) groups is 1. The van der Waals surface area contributed by atoms with Crippen LogP contribution in [0.2, 0.25) is 0 Å². The highest BCUT2D eigenvalue weighted by Crippen LogP contribution is 2.34. The van der Waals surface area contributed by atoms with Crippen molar-refractivity contribution >= 4 is 22.4 Å². The highest BCUT2D eigenvalue weighted by Gasteiger charge is 2.34. The van der Waals surface area contributed by atoms with Gasteiger partial charge >= 0.3 is 6.18 Å². The fourth-order valence-electron chi connectivity index (χ4n) is 1.58. The second-order valence-corrected chi connectivity index (χ2v) is 4.99. The third-order valence-corrected chi connectivity index (χ3v) is 3.40. The van der Waals surface area contributed by atoms with Crippen molar-refractivity contribution in [2.24, 2.45) is 0 Å². The molecule has 21 heavy (non-hydrogen) atoms. The van der Waals surface area contributed by atoms with E-state index in [1.54, 1.807) is 6.92 Å². The van der Waals surface area contributed by atoms with E-state index in [1.165, 1.54) is 5.38 Å².